The van der Waals surface area contributed by atoms with E-state index in [1.165, 1.54) is 16.9 Å². The molecule has 0 bridgehead atoms. The van der Waals surface area contributed by atoms with Crippen molar-refractivity contribution in [2.75, 3.05) is 0 Å². The summed E-state index contributed by atoms with van der Waals surface area (Å²) in [6.45, 7) is 4.07. The Morgan fingerprint density at radius 3 is 2.81 bits per heavy atom. The maximum atomic E-state index is 5.89. The molecule has 0 amide bonds. The van der Waals surface area contributed by atoms with Gasteiger partial charge < -0.3 is 5.32 Å². The van der Waals surface area contributed by atoms with E-state index < -0.39 is 0 Å². The minimum atomic E-state index is 0.0485. The first-order valence-electron chi connectivity index (χ1n) is 4.90. The number of aromatic amines is 1. The van der Waals surface area contributed by atoms with Crippen LogP contribution in [0.25, 0.3) is 0 Å². The van der Waals surface area contributed by atoms with Gasteiger partial charge in [-0.3, -0.25) is 0 Å². The molecule has 0 fully saturated rings. The summed E-state index contributed by atoms with van der Waals surface area (Å²) in [6, 6.07) is 2.22. The van der Waals surface area contributed by atoms with E-state index in [0.29, 0.717) is 5.82 Å². The Hall–Kier alpha value is -0.980. The summed E-state index contributed by atoms with van der Waals surface area (Å²) < 4.78 is 0.802. The molecular formula is C9H12ClN5S. The smallest absolute Gasteiger partial charge is 0.191 e. The molecule has 0 radical (unpaired) electrons. The zero-order valence-corrected chi connectivity index (χ0v) is 10.5. The minimum absolute atomic E-state index is 0.0485. The van der Waals surface area contributed by atoms with Gasteiger partial charge in [0, 0.05) is 6.04 Å². The SMILES string of the molecule is CC(NC(C)c1nn[nH]n1)c1csc(Cl)c1. The number of rotatable bonds is 4. The van der Waals surface area contributed by atoms with E-state index >= 15 is 0 Å². The standard InChI is InChI=1S/C9H12ClN5S/c1-5(7-3-8(10)16-4-7)11-6(2)9-12-14-15-13-9/h3-6,11H,1-2H3,(H,12,13,14,15). The molecule has 86 valence electrons. The highest BCUT2D eigenvalue weighted by molar-refractivity contribution is 7.14. The molecule has 16 heavy (non-hydrogen) atoms. The topological polar surface area (TPSA) is 66.5 Å². The second-order valence-corrected chi connectivity index (χ2v) is 5.11. The molecule has 0 saturated heterocycles. The van der Waals surface area contributed by atoms with Crippen LogP contribution in [0.4, 0.5) is 0 Å². The summed E-state index contributed by atoms with van der Waals surface area (Å²) in [6.07, 6.45) is 0. The average Bonchev–Trinajstić information content (AvgIpc) is 2.87. The van der Waals surface area contributed by atoms with E-state index in [1.807, 2.05) is 18.4 Å². The number of thiophene rings is 1. The molecule has 2 N–H and O–H groups in total. The van der Waals surface area contributed by atoms with E-state index in [0.717, 1.165) is 4.34 Å². The first kappa shape index (κ1) is 11.5. The molecule has 2 unspecified atom stereocenters. The van der Waals surface area contributed by atoms with Gasteiger partial charge in [0.05, 0.1) is 10.4 Å². The van der Waals surface area contributed by atoms with Gasteiger partial charge in [-0.1, -0.05) is 16.8 Å². The van der Waals surface area contributed by atoms with Crippen molar-refractivity contribution < 1.29 is 0 Å². The van der Waals surface area contributed by atoms with Gasteiger partial charge in [0.1, 0.15) is 0 Å². The highest BCUT2D eigenvalue weighted by Crippen LogP contribution is 2.25. The lowest BCUT2D eigenvalue weighted by atomic mass is 10.1. The Bertz CT molecular complexity index is 440. The normalized spacial score (nSPS) is 14.9. The van der Waals surface area contributed by atoms with Crippen LogP contribution in [0.3, 0.4) is 0 Å². The average molecular weight is 258 g/mol. The van der Waals surface area contributed by atoms with Crippen LogP contribution in [0.2, 0.25) is 4.34 Å². The van der Waals surface area contributed by atoms with Crippen LogP contribution in [0.5, 0.6) is 0 Å². The zero-order valence-electron chi connectivity index (χ0n) is 8.94. The highest BCUT2D eigenvalue weighted by atomic mass is 35.5. The van der Waals surface area contributed by atoms with Gasteiger partial charge in [0.2, 0.25) is 0 Å². The van der Waals surface area contributed by atoms with Crippen LogP contribution < -0.4 is 5.32 Å². The molecule has 0 aromatic carbocycles. The fraction of sp³-hybridized carbons (Fsp3) is 0.444. The fourth-order valence-electron chi connectivity index (χ4n) is 1.45. The Labute approximate surface area is 102 Å². The summed E-state index contributed by atoms with van der Waals surface area (Å²) in [5.41, 5.74) is 1.17. The number of aromatic nitrogens is 4. The Morgan fingerprint density at radius 1 is 1.44 bits per heavy atom. The summed E-state index contributed by atoms with van der Waals surface area (Å²) >= 11 is 7.42. The molecule has 7 heteroatoms. The summed E-state index contributed by atoms with van der Waals surface area (Å²) in [7, 11) is 0. The number of nitrogens with zero attached hydrogens (tertiary/aromatic N) is 3. The largest absolute Gasteiger partial charge is 0.301 e. The van der Waals surface area contributed by atoms with Crippen molar-refractivity contribution in [3.8, 4) is 0 Å². The van der Waals surface area contributed by atoms with E-state index in [9.17, 15) is 0 Å². The lowest BCUT2D eigenvalue weighted by molar-refractivity contribution is 0.477. The van der Waals surface area contributed by atoms with Gasteiger partial charge >= 0.3 is 0 Å². The second-order valence-electron chi connectivity index (χ2n) is 3.56. The predicted molar refractivity (Wildman–Crippen MR) is 63.5 cm³/mol. The van der Waals surface area contributed by atoms with Crippen molar-refractivity contribution in [1.29, 1.82) is 0 Å². The van der Waals surface area contributed by atoms with Gasteiger partial charge in [-0.2, -0.15) is 5.21 Å². The third-order valence-corrected chi connectivity index (χ3v) is 3.45. The van der Waals surface area contributed by atoms with Crippen LogP contribution in [0.15, 0.2) is 11.4 Å². The highest BCUT2D eigenvalue weighted by Gasteiger charge is 2.15. The molecular weight excluding hydrogens is 246 g/mol. The summed E-state index contributed by atoms with van der Waals surface area (Å²) in [4.78, 5) is 0. The van der Waals surface area contributed by atoms with Gasteiger partial charge in [-0.15, -0.1) is 21.5 Å². The van der Waals surface area contributed by atoms with E-state index in [-0.39, 0.29) is 12.1 Å². The van der Waals surface area contributed by atoms with Crippen molar-refractivity contribution in [3.05, 3.63) is 27.2 Å². The summed E-state index contributed by atoms with van der Waals surface area (Å²) in [5, 5.41) is 19.3. The minimum Gasteiger partial charge on any atom is -0.301 e. The van der Waals surface area contributed by atoms with Crippen molar-refractivity contribution >= 4 is 22.9 Å². The van der Waals surface area contributed by atoms with Gasteiger partial charge in [0.25, 0.3) is 0 Å². The molecule has 0 aliphatic heterocycles. The van der Waals surface area contributed by atoms with E-state index in [1.54, 1.807) is 0 Å². The second kappa shape index (κ2) is 4.90. The molecule has 2 aromatic rings. The number of hydrogen-bond acceptors (Lipinski definition) is 5. The zero-order chi connectivity index (χ0) is 11.5. The Kier molecular flexibility index (Phi) is 3.52. The van der Waals surface area contributed by atoms with Crippen LogP contribution >= 0.6 is 22.9 Å². The van der Waals surface area contributed by atoms with Crippen LogP contribution in [0, 0.1) is 0 Å². The van der Waals surface area contributed by atoms with Gasteiger partial charge in [-0.25, -0.2) is 0 Å². The lowest BCUT2D eigenvalue weighted by Gasteiger charge is -2.16. The van der Waals surface area contributed by atoms with E-state index in [2.05, 4.69) is 32.9 Å². The maximum absolute atomic E-state index is 5.89. The molecule has 5 nitrogen and oxygen atoms in total. The molecule has 0 aliphatic carbocycles. The van der Waals surface area contributed by atoms with Crippen LogP contribution in [0.1, 0.15) is 37.3 Å². The first-order chi connectivity index (χ1) is 7.66. The molecule has 0 aliphatic rings. The van der Waals surface area contributed by atoms with Crippen LogP contribution in [-0.4, -0.2) is 20.6 Å². The summed E-state index contributed by atoms with van der Waals surface area (Å²) in [5.74, 6) is 0.660. The molecule has 2 heterocycles. The monoisotopic (exact) mass is 257 g/mol. The fourth-order valence-corrected chi connectivity index (χ4v) is 2.43. The van der Waals surface area contributed by atoms with Gasteiger partial charge in [0.15, 0.2) is 5.82 Å². The number of nitrogens with one attached hydrogen (secondary N) is 2. The Balaban J connectivity index is 2.00. The quantitative estimate of drug-likeness (QED) is 0.882. The Morgan fingerprint density at radius 2 is 2.25 bits per heavy atom. The predicted octanol–water partition coefficient (Wildman–Crippen LogP) is 2.33. The van der Waals surface area contributed by atoms with Crippen LogP contribution in [-0.2, 0) is 0 Å². The molecule has 0 spiro atoms. The number of H-pyrrole nitrogens is 1. The third-order valence-electron chi connectivity index (χ3n) is 2.34. The molecule has 2 atom stereocenters. The lowest BCUT2D eigenvalue weighted by Crippen LogP contribution is -2.23. The van der Waals surface area contributed by atoms with E-state index in [4.69, 9.17) is 11.6 Å². The third kappa shape index (κ3) is 2.58. The first-order valence-corrected chi connectivity index (χ1v) is 6.16. The molecule has 2 aromatic heterocycles. The van der Waals surface area contributed by atoms with Crippen molar-refractivity contribution in [3.63, 3.8) is 0 Å². The van der Waals surface area contributed by atoms with Crippen molar-refractivity contribution in [2.45, 2.75) is 25.9 Å². The van der Waals surface area contributed by atoms with Crippen molar-refractivity contribution in [2.24, 2.45) is 0 Å². The maximum Gasteiger partial charge on any atom is 0.191 e. The number of hydrogen-bond donors (Lipinski definition) is 2. The van der Waals surface area contributed by atoms with Gasteiger partial charge in [-0.05, 0) is 30.9 Å². The molecule has 0 saturated carbocycles. The number of halogens is 1. The van der Waals surface area contributed by atoms with Crippen molar-refractivity contribution in [1.82, 2.24) is 25.9 Å². The number of tetrazole rings is 1. The molecule has 2 rings (SSSR count).